The van der Waals surface area contributed by atoms with Crippen LogP contribution in [0, 0.1) is 0 Å². The lowest BCUT2D eigenvalue weighted by Crippen LogP contribution is -2.21. The molecule has 0 atom stereocenters. The molecule has 140 valence electrons. The normalized spacial score (nSPS) is 11.7. The highest BCUT2D eigenvalue weighted by atomic mass is 35.5. The van der Waals surface area contributed by atoms with Gasteiger partial charge in [0.1, 0.15) is 11.1 Å². The van der Waals surface area contributed by atoms with Crippen molar-refractivity contribution < 1.29 is 9.21 Å². The topological polar surface area (TPSA) is 67.5 Å². The first-order valence-corrected chi connectivity index (χ1v) is 9.96. The minimum atomic E-state index is -0.342. The second-order valence-corrected chi connectivity index (χ2v) is 7.41. The van der Waals surface area contributed by atoms with E-state index in [4.69, 9.17) is 16.0 Å². The summed E-state index contributed by atoms with van der Waals surface area (Å²) in [6, 6.07) is 14.8. The standard InChI is InChI=1S/C21H16ClN3O2S/c1-2-13-4-3-5-16(10-13)24-20-17(19(26)25-21-23-8-9-28-21)12-14-11-15(22)6-7-18(14)27-20/h3-12H,2H2,1H3,(H,23,25,26). The monoisotopic (exact) mass is 409 g/mol. The van der Waals surface area contributed by atoms with Gasteiger partial charge in [0.15, 0.2) is 5.13 Å². The summed E-state index contributed by atoms with van der Waals surface area (Å²) < 4.78 is 5.96. The number of fused-ring (bicyclic) bond motifs is 1. The average molecular weight is 410 g/mol. The number of hydrogen-bond acceptors (Lipinski definition) is 5. The van der Waals surface area contributed by atoms with E-state index in [1.165, 1.54) is 11.3 Å². The summed E-state index contributed by atoms with van der Waals surface area (Å²) in [7, 11) is 0. The van der Waals surface area contributed by atoms with Crippen LogP contribution < -0.4 is 10.9 Å². The third-order valence-electron chi connectivity index (χ3n) is 4.16. The van der Waals surface area contributed by atoms with E-state index in [9.17, 15) is 4.79 Å². The highest BCUT2D eigenvalue weighted by Crippen LogP contribution is 2.21. The number of halogens is 1. The van der Waals surface area contributed by atoms with Crippen molar-refractivity contribution in [3.05, 3.63) is 81.8 Å². The number of amides is 1. The Balaban J connectivity index is 1.88. The molecule has 2 aromatic carbocycles. The lowest BCUT2D eigenvalue weighted by atomic mass is 10.1. The van der Waals surface area contributed by atoms with Gasteiger partial charge < -0.3 is 4.42 Å². The van der Waals surface area contributed by atoms with E-state index in [1.54, 1.807) is 35.8 Å². The minimum Gasteiger partial charge on any atom is -0.438 e. The van der Waals surface area contributed by atoms with Crippen molar-refractivity contribution in [3.63, 3.8) is 0 Å². The third-order valence-corrected chi connectivity index (χ3v) is 5.08. The molecule has 5 nitrogen and oxygen atoms in total. The summed E-state index contributed by atoms with van der Waals surface area (Å²) in [5.74, 6) is -0.342. The first-order chi connectivity index (χ1) is 13.6. The highest BCUT2D eigenvalue weighted by Gasteiger charge is 2.14. The van der Waals surface area contributed by atoms with E-state index in [0.29, 0.717) is 21.3 Å². The van der Waals surface area contributed by atoms with Gasteiger partial charge in [0.05, 0.1) is 5.69 Å². The Morgan fingerprint density at radius 1 is 1.25 bits per heavy atom. The maximum absolute atomic E-state index is 12.9. The van der Waals surface area contributed by atoms with Crippen molar-refractivity contribution in [2.24, 2.45) is 4.99 Å². The zero-order valence-electron chi connectivity index (χ0n) is 15.0. The third kappa shape index (κ3) is 3.98. The van der Waals surface area contributed by atoms with Crippen LogP contribution in [0.15, 0.2) is 69.5 Å². The maximum atomic E-state index is 12.9. The molecule has 28 heavy (non-hydrogen) atoms. The molecule has 0 radical (unpaired) electrons. The summed E-state index contributed by atoms with van der Waals surface area (Å²) in [5, 5.41) is 6.37. The molecule has 2 aromatic heterocycles. The summed E-state index contributed by atoms with van der Waals surface area (Å²) >= 11 is 7.44. The number of benzene rings is 2. The smallest absolute Gasteiger partial charge is 0.262 e. The van der Waals surface area contributed by atoms with Crippen molar-refractivity contribution in [1.29, 1.82) is 0 Å². The molecule has 0 bridgehead atoms. The van der Waals surface area contributed by atoms with Crippen LogP contribution in [0.5, 0.6) is 0 Å². The molecule has 0 unspecified atom stereocenters. The van der Waals surface area contributed by atoms with Gasteiger partial charge in [-0.3, -0.25) is 10.1 Å². The summed E-state index contributed by atoms with van der Waals surface area (Å²) in [6.07, 6.45) is 2.53. The van der Waals surface area contributed by atoms with Gasteiger partial charge in [0, 0.05) is 22.0 Å². The fourth-order valence-corrected chi connectivity index (χ4v) is 3.46. The van der Waals surface area contributed by atoms with Crippen molar-refractivity contribution >= 4 is 50.6 Å². The molecule has 1 amide bonds. The lowest BCUT2D eigenvalue weighted by Gasteiger charge is -2.06. The predicted octanol–water partition coefficient (Wildman–Crippen LogP) is 5.59. The molecule has 7 heteroatoms. The van der Waals surface area contributed by atoms with Gasteiger partial charge in [0.25, 0.3) is 5.91 Å². The number of aryl methyl sites for hydroxylation is 1. The second-order valence-electron chi connectivity index (χ2n) is 6.07. The molecule has 0 spiro atoms. The van der Waals surface area contributed by atoms with Crippen LogP contribution in [0.4, 0.5) is 10.8 Å². The van der Waals surface area contributed by atoms with Crippen LogP contribution in [0.3, 0.4) is 0 Å². The van der Waals surface area contributed by atoms with E-state index in [1.807, 2.05) is 24.3 Å². The molecule has 0 saturated carbocycles. The number of rotatable bonds is 4. The van der Waals surface area contributed by atoms with E-state index in [-0.39, 0.29) is 11.5 Å². The molecule has 0 aliphatic carbocycles. The average Bonchev–Trinajstić information content (AvgIpc) is 3.20. The Kier molecular flexibility index (Phi) is 5.23. The van der Waals surface area contributed by atoms with E-state index in [0.717, 1.165) is 23.1 Å². The number of anilines is 1. The number of hydrogen-bond donors (Lipinski definition) is 1. The van der Waals surface area contributed by atoms with Gasteiger partial charge in [-0.2, -0.15) is 0 Å². The van der Waals surface area contributed by atoms with Crippen LogP contribution in [0.25, 0.3) is 11.0 Å². The maximum Gasteiger partial charge on any atom is 0.262 e. The molecule has 4 rings (SSSR count). The van der Waals surface area contributed by atoms with Gasteiger partial charge in [0.2, 0.25) is 5.55 Å². The van der Waals surface area contributed by atoms with Crippen LogP contribution in [-0.2, 0) is 6.42 Å². The van der Waals surface area contributed by atoms with Gasteiger partial charge in [-0.1, -0.05) is 30.7 Å². The summed E-state index contributed by atoms with van der Waals surface area (Å²) in [4.78, 5) is 21.6. The quantitative estimate of drug-likeness (QED) is 0.477. The fourth-order valence-electron chi connectivity index (χ4n) is 2.76. The minimum absolute atomic E-state index is 0.233. The van der Waals surface area contributed by atoms with Gasteiger partial charge in [-0.05, 0) is 48.4 Å². The Bertz CT molecular complexity index is 1220. The van der Waals surface area contributed by atoms with Crippen LogP contribution in [0.2, 0.25) is 5.02 Å². The number of thiazole rings is 1. The Labute approximate surface area is 170 Å². The van der Waals surface area contributed by atoms with E-state index in [2.05, 4.69) is 22.2 Å². The van der Waals surface area contributed by atoms with Crippen LogP contribution in [0.1, 0.15) is 22.8 Å². The first kappa shape index (κ1) is 18.4. The number of aromatic nitrogens is 1. The molecule has 0 aliphatic heterocycles. The van der Waals surface area contributed by atoms with Crippen molar-refractivity contribution in [2.75, 3.05) is 5.32 Å². The first-order valence-electron chi connectivity index (χ1n) is 8.70. The zero-order valence-corrected chi connectivity index (χ0v) is 16.6. The zero-order chi connectivity index (χ0) is 19.5. The molecular formula is C21H16ClN3O2S. The Morgan fingerprint density at radius 2 is 2.14 bits per heavy atom. The number of carbonyl (C=O) groups excluding carboxylic acids is 1. The molecule has 4 aromatic rings. The Morgan fingerprint density at radius 3 is 2.93 bits per heavy atom. The number of nitrogens with one attached hydrogen (secondary N) is 1. The van der Waals surface area contributed by atoms with Crippen LogP contribution >= 0.6 is 22.9 Å². The van der Waals surface area contributed by atoms with E-state index >= 15 is 0 Å². The molecule has 2 heterocycles. The number of nitrogens with zero attached hydrogens (tertiary/aromatic N) is 2. The van der Waals surface area contributed by atoms with Crippen molar-refractivity contribution in [3.8, 4) is 0 Å². The van der Waals surface area contributed by atoms with Gasteiger partial charge in [-0.25, -0.2) is 9.98 Å². The molecule has 1 N–H and O–H groups in total. The van der Waals surface area contributed by atoms with Gasteiger partial charge >= 0.3 is 0 Å². The number of carbonyl (C=O) groups is 1. The molecule has 0 aliphatic rings. The molecule has 0 fully saturated rings. The van der Waals surface area contributed by atoms with Gasteiger partial charge in [-0.15, -0.1) is 11.3 Å². The highest BCUT2D eigenvalue weighted by molar-refractivity contribution is 7.13. The second kappa shape index (κ2) is 7.96. The molecular weight excluding hydrogens is 394 g/mol. The SMILES string of the molecule is CCc1cccc(N=c2oc3ccc(Cl)cc3cc2C(=O)Nc2nccs2)c1. The van der Waals surface area contributed by atoms with Crippen molar-refractivity contribution in [2.45, 2.75) is 13.3 Å². The summed E-state index contributed by atoms with van der Waals surface area (Å²) in [5.41, 5.74) is 3.02. The predicted molar refractivity (Wildman–Crippen MR) is 112 cm³/mol. The fraction of sp³-hybridized carbons (Fsp3) is 0.0952. The van der Waals surface area contributed by atoms with Crippen LogP contribution in [-0.4, -0.2) is 10.9 Å². The lowest BCUT2D eigenvalue weighted by molar-refractivity contribution is 0.102. The molecule has 0 saturated heterocycles. The largest absolute Gasteiger partial charge is 0.438 e. The van der Waals surface area contributed by atoms with Crippen molar-refractivity contribution in [1.82, 2.24) is 4.98 Å². The summed E-state index contributed by atoms with van der Waals surface area (Å²) in [6.45, 7) is 2.08. The Hall–Kier alpha value is -2.96. The van der Waals surface area contributed by atoms with E-state index < -0.39 is 0 Å².